The molecule has 0 unspecified atom stereocenters. The van der Waals surface area contributed by atoms with E-state index in [4.69, 9.17) is 0 Å². The molecule has 7 heteroatoms. The molecule has 0 aliphatic heterocycles. The predicted octanol–water partition coefficient (Wildman–Crippen LogP) is 2.53. The lowest BCUT2D eigenvalue weighted by atomic mass is 9.41. The van der Waals surface area contributed by atoms with Crippen molar-refractivity contribution in [3.63, 3.8) is 0 Å². The lowest BCUT2D eigenvalue weighted by Gasteiger charge is -2.61. The maximum absolute atomic E-state index is 13.2. The van der Waals surface area contributed by atoms with Gasteiger partial charge in [-0.15, -0.1) is 0 Å². The van der Waals surface area contributed by atoms with Gasteiger partial charge >= 0.3 is 18.1 Å². The molecule has 0 aromatic rings. The summed E-state index contributed by atoms with van der Waals surface area (Å²) in [6.07, 6.45) is -4.57. The lowest BCUT2D eigenvalue weighted by molar-refractivity contribution is -0.264. The summed E-state index contributed by atoms with van der Waals surface area (Å²) in [5.74, 6) is -5.56. The van der Waals surface area contributed by atoms with Gasteiger partial charge in [-0.2, -0.15) is 13.2 Å². The Balaban J connectivity index is 2.04. The van der Waals surface area contributed by atoms with Gasteiger partial charge in [0.05, 0.1) is 16.7 Å². The second-order valence-electron chi connectivity index (χ2n) is 6.75. The summed E-state index contributed by atoms with van der Waals surface area (Å²) in [5.41, 5.74) is -2.54. The molecule has 0 aromatic carbocycles. The van der Waals surface area contributed by atoms with Gasteiger partial charge in [0.25, 0.3) is 0 Å². The third-order valence-electron chi connectivity index (χ3n) is 5.59. The summed E-state index contributed by atoms with van der Waals surface area (Å²) in [6, 6.07) is 0. The van der Waals surface area contributed by atoms with E-state index >= 15 is 0 Å². The minimum Gasteiger partial charge on any atom is -0.481 e. The maximum Gasteiger partial charge on any atom is 0.392 e. The average molecular weight is 292 g/mol. The molecule has 0 radical (unpaired) electrons. The average Bonchev–Trinajstić information content (AvgIpc) is 2.24. The summed E-state index contributed by atoms with van der Waals surface area (Å²) in [4.78, 5) is 23.0. The van der Waals surface area contributed by atoms with Crippen LogP contribution in [0.3, 0.4) is 0 Å². The van der Waals surface area contributed by atoms with Crippen LogP contribution >= 0.6 is 0 Å². The molecule has 4 fully saturated rings. The molecule has 4 nitrogen and oxygen atoms in total. The third-order valence-corrected chi connectivity index (χ3v) is 5.59. The molecule has 0 saturated heterocycles. The highest BCUT2D eigenvalue weighted by molar-refractivity contribution is 5.81. The zero-order chi connectivity index (χ0) is 14.9. The van der Waals surface area contributed by atoms with Gasteiger partial charge in [-0.05, 0) is 43.9 Å². The first-order chi connectivity index (χ1) is 9.10. The minimum atomic E-state index is -4.37. The van der Waals surface area contributed by atoms with Crippen molar-refractivity contribution in [3.8, 4) is 0 Å². The Morgan fingerprint density at radius 3 is 1.50 bits per heavy atom. The number of hydrogen-bond donors (Lipinski definition) is 2. The molecule has 0 spiro atoms. The number of carboxylic acid groups (broad SMARTS) is 2. The topological polar surface area (TPSA) is 74.6 Å². The van der Waals surface area contributed by atoms with Crippen LogP contribution in [0.4, 0.5) is 13.2 Å². The van der Waals surface area contributed by atoms with Crippen molar-refractivity contribution in [2.24, 2.45) is 28.6 Å². The molecule has 4 saturated carbocycles. The van der Waals surface area contributed by atoms with Crippen LogP contribution in [0.1, 0.15) is 32.1 Å². The number of aliphatic carboxylic acids is 2. The zero-order valence-corrected chi connectivity index (χ0v) is 10.6. The Hall–Kier alpha value is -1.27. The van der Waals surface area contributed by atoms with Gasteiger partial charge in [0.2, 0.25) is 0 Å². The van der Waals surface area contributed by atoms with Gasteiger partial charge in [0.1, 0.15) is 0 Å². The molecular weight excluding hydrogens is 277 g/mol. The van der Waals surface area contributed by atoms with Crippen LogP contribution in [-0.4, -0.2) is 28.3 Å². The molecule has 4 aliphatic carbocycles. The smallest absolute Gasteiger partial charge is 0.392 e. The first-order valence-electron chi connectivity index (χ1n) is 6.63. The molecule has 2 N–H and O–H groups in total. The van der Waals surface area contributed by atoms with Crippen LogP contribution in [0.25, 0.3) is 0 Å². The van der Waals surface area contributed by atoms with Crippen LogP contribution in [0.5, 0.6) is 0 Å². The summed E-state index contributed by atoms with van der Waals surface area (Å²) in [5, 5.41) is 18.8. The van der Waals surface area contributed by atoms with Gasteiger partial charge in [-0.3, -0.25) is 9.59 Å². The zero-order valence-electron chi connectivity index (χ0n) is 10.6. The molecule has 0 amide bonds. The first kappa shape index (κ1) is 13.7. The van der Waals surface area contributed by atoms with Gasteiger partial charge in [-0.25, -0.2) is 0 Å². The second-order valence-corrected chi connectivity index (χ2v) is 6.75. The van der Waals surface area contributed by atoms with Gasteiger partial charge in [0, 0.05) is 0 Å². The Kier molecular flexibility index (Phi) is 2.52. The number of halogens is 3. The summed E-state index contributed by atoms with van der Waals surface area (Å²) in [6.45, 7) is 0. The third kappa shape index (κ3) is 1.61. The fraction of sp³-hybridized carbons (Fsp3) is 0.846. The van der Waals surface area contributed by atoms with Crippen LogP contribution in [0, 0.1) is 28.6 Å². The van der Waals surface area contributed by atoms with E-state index in [2.05, 4.69) is 0 Å². The van der Waals surface area contributed by atoms with Gasteiger partial charge in [-0.1, -0.05) is 0 Å². The number of carbonyl (C=O) groups is 2. The molecule has 0 atom stereocenters. The number of alkyl halides is 3. The highest BCUT2D eigenvalue weighted by Crippen LogP contribution is 2.69. The van der Waals surface area contributed by atoms with Crippen molar-refractivity contribution in [2.45, 2.75) is 38.3 Å². The standard InChI is InChI=1S/C13H15F3O4/c14-13(15,16)8-6-1-11(9(17)18)3-7(8)4-12(2-6,5-11)10(19)20/h6-8H,1-5H2,(H,17,18)(H,19,20). The van der Waals surface area contributed by atoms with Crippen molar-refractivity contribution in [2.75, 3.05) is 0 Å². The lowest BCUT2D eigenvalue weighted by Crippen LogP contribution is -2.62. The largest absolute Gasteiger partial charge is 0.481 e. The van der Waals surface area contributed by atoms with Crippen LogP contribution in [-0.2, 0) is 9.59 Å². The quantitative estimate of drug-likeness (QED) is 0.820. The molecule has 4 bridgehead atoms. The molecule has 0 heterocycles. The molecular formula is C13H15F3O4. The van der Waals surface area contributed by atoms with E-state index in [1.54, 1.807) is 0 Å². The molecule has 0 aromatic heterocycles. The number of rotatable bonds is 2. The Morgan fingerprint density at radius 1 is 0.900 bits per heavy atom. The van der Waals surface area contributed by atoms with E-state index in [1.165, 1.54) is 0 Å². The van der Waals surface area contributed by atoms with E-state index < -0.39 is 46.7 Å². The monoisotopic (exact) mass is 292 g/mol. The van der Waals surface area contributed by atoms with Crippen LogP contribution in [0.2, 0.25) is 0 Å². The maximum atomic E-state index is 13.2. The van der Waals surface area contributed by atoms with Gasteiger partial charge in [0.15, 0.2) is 0 Å². The fourth-order valence-corrected chi connectivity index (χ4v) is 5.18. The van der Waals surface area contributed by atoms with Crippen LogP contribution in [0.15, 0.2) is 0 Å². The molecule has 112 valence electrons. The summed E-state index contributed by atoms with van der Waals surface area (Å²) < 4.78 is 39.5. The van der Waals surface area contributed by atoms with E-state index in [-0.39, 0.29) is 32.1 Å². The SMILES string of the molecule is O=C(O)C12CC3CC(C(=O)O)(CC(C1)C3C(F)(F)F)C2. The highest BCUT2D eigenvalue weighted by atomic mass is 19.4. The Morgan fingerprint density at radius 2 is 1.25 bits per heavy atom. The minimum absolute atomic E-state index is 0.0256. The van der Waals surface area contributed by atoms with E-state index in [0.29, 0.717) is 0 Å². The Labute approximate surface area is 113 Å². The summed E-state index contributed by atoms with van der Waals surface area (Å²) in [7, 11) is 0. The van der Waals surface area contributed by atoms with Crippen molar-refractivity contribution in [1.82, 2.24) is 0 Å². The second kappa shape index (κ2) is 3.68. The normalized spacial score (nSPS) is 46.5. The van der Waals surface area contributed by atoms with Crippen molar-refractivity contribution in [1.29, 1.82) is 0 Å². The predicted molar refractivity (Wildman–Crippen MR) is 59.7 cm³/mol. The van der Waals surface area contributed by atoms with E-state index in [1.807, 2.05) is 0 Å². The Bertz CT molecular complexity index is 436. The molecule has 4 rings (SSSR count). The number of carboxylic acids is 2. The van der Waals surface area contributed by atoms with Crippen molar-refractivity contribution in [3.05, 3.63) is 0 Å². The van der Waals surface area contributed by atoms with E-state index in [9.17, 15) is 33.0 Å². The fourth-order valence-electron chi connectivity index (χ4n) is 5.18. The van der Waals surface area contributed by atoms with Crippen LogP contribution < -0.4 is 0 Å². The summed E-state index contributed by atoms with van der Waals surface area (Å²) >= 11 is 0. The number of hydrogen-bond acceptors (Lipinski definition) is 2. The van der Waals surface area contributed by atoms with E-state index in [0.717, 1.165) is 0 Å². The first-order valence-corrected chi connectivity index (χ1v) is 6.63. The van der Waals surface area contributed by atoms with Gasteiger partial charge < -0.3 is 10.2 Å². The van der Waals surface area contributed by atoms with Crippen molar-refractivity contribution < 1.29 is 33.0 Å². The van der Waals surface area contributed by atoms with Crippen molar-refractivity contribution >= 4 is 11.9 Å². The highest BCUT2D eigenvalue weighted by Gasteiger charge is 2.70. The molecule has 20 heavy (non-hydrogen) atoms. The molecule has 4 aliphatic rings.